The largest absolute Gasteiger partial charge is 0.360 e. The number of nitrogens with zero attached hydrogens (tertiary/aromatic N) is 2. The first-order valence-electron chi connectivity index (χ1n) is 7.70. The highest BCUT2D eigenvalue weighted by Gasteiger charge is 2.29. The molecule has 0 radical (unpaired) electrons. The molecule has 1 atom stereocenters. The van der Waals surface area contributed by atoms with E-state index >= 15 is 0 Å². The Kier molecular flexibility index (Phi) is 2.64. The van der Waals surface area contributed by atoms with E-state index < -0.39 is 0 Å². The first-order chi connectivity index (χ1) is 11.3. The van der Waals surface area contributed by atoms with Crippen LogP contribution in [0.3, 0.4) is 0 Å². The summed E-state index contributed by atoms with van der Waals surface area (Å²) in [5.41, 5.74) is 5.83. The van der Waals surface area contributed by atoms with Crippen molar-refractivity contribution in [3.05, 3.63) is 70.4 Å². The van der Waals surface area contributed by atoms with Crippen LogP contribution in [0.25, 0.3) is 22.4 Å². The fourth-order valence-electron chi connectivity index (χ4n) is 3.36. The van der Waals surface area contributed by atoms with E-state index in [0.29, 0.717) is 0 Å². The topological polar surface area (TPSA) is 29.9 Å². The van der Waals surface area contributed by atoms with Gasteiger partial charge in [0.15, 0.2) is 0 Å². The molecule has 4 heteroatoms. The summed E-state index contributed by atoms with van der Waals surface area (Å²) in [4.78, 5) is 6.25. The van der Waals surface area contributed by atoms with Crippen molar-refractivity contribution in [2.45, 2.75) is 13.1 Å². The van der Waals surface area contributed by atoms with Crippen LogP contribution >= 0.6 is 11.3 Å². The summed E-state index contributed by atoms with van der Waals surface area (Å²) in [6.07, 6.45) is 0.0901. The highest BCUT2D eigenvalue weighted by atomic mass is 32.1. The number of imidazole rings is 1. The lowest BCUT2D eigenvalue weighted by Gasteiger charge is -2.29. The number of aromatic nitrogens is 2. The molecule has 1 N–H and O–H groups in total. The van der Waals surface area contributed by atoms with Gasteiger partial charge in [-0.15, -0.1) is 11.3 Å². The molecule has 23 heavy (non-hydrogen) atoms. The molecule has 1 unspecified atom stereocenters. The molecule has 0 spiro atoms. The quantitative estimate of drug-likeness (QED) is 0.532. The van der Waals surface area contributed by atoms with Gasteiger partial charge in [-0.1, -0.05) is 24.3 Å². The van der Waals surface area contributed by atoms with Gasteiger partial charge < -0.3 is 5.32 Å². The van der Waals surface area contributed by atoms with E-state index in [0.717, 1.165) is 22.6 Å². The van der Waals surface area contributed by atoms with Crippen molar-refractivity contribution in [1.29, 1.82) is 0 Å². The summed E-state index contributed by atoms with van der Waals surface area (Å²) in [6.45, 7) is 2.17. The minimum absolute atomic E-state index is 0.0901. The predicted molar refractivity (Wildman–Crippen MR) is 96.0 cm³/mol. The van der Waals surface area contributed by atoms with Crippen molar-refractivity contribution in [2.24, 2.45) is 0 Å². The standard InChI is InChI=1S/C19H15N3S/c1-12-10-11-23-17(12)19-20-14-7-3-2-6-13(14)18-21-15-8-4-5-9-16(15)22(18)19/h2-11,19-20H,1H3. The highest BCUT2D eigenvalue weighted by Crippen LogP contribution is 2.42. The molecule has 0 saturated heterocycles. The molecule has 1 aliphatic rings. The zero-order chi connectivity index (χ0) is 15.4. The maximum Gasteiger partial charge on any atom is 0.145 e. The second-order valence-electron chi connectivity index (χ2n) is 5.85. The van der Waals surface area contributed by atoms with E-state index in [2.05, 4.69) is 70.7 Å². The van der Waals surface area contributed by atoms with Gasteiger partial charge in [-0.25, -0.2) is 4.98 Å². The van der Waals surface area contributed by atoms with Gasteiger partial charge in [-0.05, 0) is 48.2 Å². The molecule has 0 fully saturated rings. The Morgan fingerprint density at radius 2 is 1.87 bits per heavy atom. The summed E-state index contributed by atoms with van der Waals surface area (Å²) in [7, 11) is 0. The Hall–Kier alpha value is -2.59. The lowest BCUT2D eigenvalue weighted by atomic mass is 10.1. The minimum Gasteiger partial charge on any atom is -0.360 e. The molecule has 0 aliphatic carbocycles. The fraction of sp³-hybridized carbons (Fsp3) is 0.105. The van der Waals surface area contributed by atoms with Crippen molar-refractivity contribution in [3.8, 4) is 11.4 Å². The fourth-order valence-corrected chi connectivity index (χ4v) is 4.32. The van der Waals surface area contributed by atoms with E-state index in [4.69, 9.17) is 4.98 Å². The Balaban J connectivity index is 1.87. The van der Waals surface area contributed by atoms with Crippen LogP contribution in [0.5, 0.6) is 0 Å². The molecule has 4 aromatic rings. The Morgan fingerprint density at radius 1 is 1.04 bits per heavy atom. The zero-order valence-electron chi connectivity index (χ0n) is 12.7. The van der Waals surface area contributed by atoms with Gasteiger partial charge in [-0.2, -0.15) is 0 Å². The highest BCUT2D eigenvalue weighted by molar-refractivity contribution is 7.10. The van der Waals surface area contributed by atoms with Gasteiger partial charge >= 0.3 is 0 Å². The Bertz CT molecular complexity index is 1030. The number of rotatable bonds is 1. The molecule has 112 valence electrons. The van der Waals surface area contributed by atoms with Gasteiger partial charge in [0.05, 0.1) is 15.9 Å². The second kappa shape index (κ2) is 4.70. The van der Waals surface area contributed by atoms with Crippen LogP contribution in [-0.2, 0) is 0 Å². The van der Waals surface area contributed by atoms with E-state index in [-0.39, 0.29) is 6.17 Å². The van der Waals surface area contributed by atoms with Crippen LogP contribution in [0.4, 0.5) is 5.69 Å². The third-order valence-corrected chi connectivity index (χ3v) is 5.54. The SMILES string of the molecule is Cc1ccsc1C1Nc2ccccc2-c2nc3ccccc3n21. The minimum atomic E-state index is 0.0901. The van der Waals surface area contributed by atoms with Crippen molar-refractivity contribution < 1.29 is 0 Å². The lowest BCUT2D eigenvalue weighted by Crippen LogP contribution is -2.24. The van der Waals surface area contributed by atoms with Crippen LogP contribution in [0, 0.1) is 6.92 Å². The van der Waals surface area contributed by atoms with Crippen molar-refractivity contribution in [3.63, 3.8) is 0 Å². The molecule has 0 saturated carbocycles. The number of aryl methyl sites for hydroxylation is 1. The van der Waals surface area contributed by atoms with E-state index in [9.17, 15) is 0 Å². The van der Waals surface area contributed by atoms with Crippen LogP contribution in [0.15, 0.2) is 60.0 Å². The lowest BCUT2D eigenvalue weighted by molar-refractivity contribution is 0.677. The van der Waals surface area contributed by atoms with E-state index in [1.807, 2.05) is 6.07 Å². The summed E-state index contributed by atoms with van der Waals surface area (Å²) >= 11 is 1.80. The van der Waals surface area contributed by atoms with Crippen LogP contribution in [0.2, 0.25) is 0 Å². The van der Waals surface area contributed by atoms with Gasteiger partial charge in [0, 0.05) is 11.3 Å². The zero-order valence-corrected chi connectivity index (χ0v) is 13.5. The van der Waals surface area contributed by atoms with Gasteiger partial charge in [0.1, 0.15) is 12.0 Å². The first kappa shape index (κ1) is 12.9. The number of para-hydroxylation sites is 3. The second-order valence-corrected chi connectivity index (χ2v) is 6.80. The third kappa shape index (κ3) is 1.79. The molecule has 0 amide bonds. The van der Waals surface area contributed by atoms with Crippen molar-refractivity contribution >= 4 is 28.1 Å². The molecular formula is C19H15N3S. The number of fused-ring (bicyclic) bond motifs is 5. The molecule has 3 nitrogen and oxygen atoms in total. The third-order valence-electron chi connectivity index (χ3n) is 4.46. The number of anilines is 1. The van der Waals surface area contributed by atoms with E-state index in [1.165, 1.54) is 16.0 Å². The van der Waals surface area contributed by atoms with Gasteiger partial charge in [-0.3, -0.25) is 4.57 Å². The monoisotopic (exact) mass is 317 g/mol. The normalized spacial score (nSPS) is 16.0. The van der Waals surface area contributed by atoms with Crippen LogP contribution in [0.1, 0.15) is 16.6 Å². The smallest absolute Gasteiger partial charge is 0.145 e. The van der Waals surface area contributed by atoms with Crippen LogP contribution < -0.4 is 5.32 Å². The first-order valence-corrected chi connectivity index (χ1v) is 8.58. The Morgan fingerprint density at radius 3 is 2.74 bits per heavy atom. The summed E-state index contributed by atoms with van der Waals surface area (Å²) in [5, 5.41) is 5.87. The van der Waals surface area contributed by atoms with E-state index in [1.54, 1.807) is 11.3 Å². The molecular weight excluding hydrogens is 302 g/mol. The van der Waals surface area contributed by atoms with Crippen molar-refractivity contribution in [1.82, 2.24) is 9.55 Å². The number of hydrogen-bond donors (Lipinski definition) is 1. The predicted octanol–water partition coefficient (Wildman–Crippen LogP) is 5.05. The summed E-state index contributed by atoms with van der Waals surface area (Å²) < 4.78 is 2.33. The average Bonchev–Trinajstić information content (AvgIpc) is 3.18. The summed E-state index contributed by atoms with van der Waals surface area (Å²) in [5.74, 6) is 1.04. The number of nitrogens with one attached hydrogen (secondary N) is 1. The summed E-state index contributed by atoms with van der Waals surface area (Å²) in [6, 6.07) is 19.0. The molecule has 5 rings (SSSR count). The molecule has 1 aliphatic heterocycles. The molecule has 3 heterocycles. The maximum atomic E-state index is 4.91. The van der Waals surface area contributed by atoms with Gasteiger partial charge in [0.25, 0.3) is 0 Å². The maximum absolute atomic E-state index is 4.91. The van der Waals surface area contributed by atoms with Gasteiger partial charge in [0.2, 0.25) is 0 Å². The average molecular weight is 317 g/mol. The molecule has 0 bridgehead atoms. The van der Waals surface area contributed by atoms with Crippen molar-refractivity contribution in [2.75, 3.05) is 5.32 Å². The van der Waals surface area contributed by atoms with Crippen LogP contribution in [-0.4, -0.2) is 9.55 Å². The number of benzene rings is 2. The molecule has 2 aromatic carbocycles. The number of thiophene rings is 1. The molecule has 2 aromatic heterocycles. The Labute approximate surface area is 138 Å². The number of hydrogen-bond acceptors (Lipinski definition) is 3.